The summed E-state index contributed by atoms with van der Waals surface area (Å²) in [6.07, 6.45) is 3.32. The first-order valence-corrected chi connectivity index (χ1v) is 7.81. The molecule has 0 amide bonds. The summed E-state index contributed by atoms with van der Waals surface area (Å²) in [5, 5.41) is 14.4. The van der Waals surface area contributed by atoms with Crippen molar-refractivity contribution in [3.63, 3.8) is 0 Å². The Kier molecular flexibility index (Phi) is 8.63. The molecular weight excluding hydrogens is 288 g/mol. The van der Waals surface area contributed by atoms with Crippen LogP contribution in [-0.2, 0) is 24.4 Å². The maximum atomic E-state index is 11.8. The fourth-order valence-electron chi connectivity index (χ4n) is 1.84. The third-order valence-corrected chi connectivity index (χ3v) is 3.63. The zero-order valence-corrected chi connectivity index (χ0v) is 14.6. The summed E-state index contributed by atoms with van der Waals surface area (Å²) in [6.45, 7) is 11.4. The highest BCUT2D eigenvalue weighted by Gasteiger charge is 2.39. The predicted molar refractivity (Wildman–Crippen MR) is 81.3 cm³/mol. The fraction of sp³-hybridized carbons (Fsp3) is 0.875. The Balaban J connectivity index is 4.22. The van der Waals surface area contributed by atoms with E-state index < -0.39 is 17.5 Å². The van der Waals surface area contributed by atoms with Gasteiger partial charge in [-0.2, -0.15) is 0 Å². The number of carbonyl (C=O) groups excluding carboxylic acids is 2. The van der Waals surface area contributed by atoms with Gasteiger partial charge in [-0.25, -0.2) is 9.59 Å². The van der Waals surface area contributed by atoms with Crippen LogP contribution in [0.4, 0.5) is 0 Å². The van der Waals surface area contributed by atoms with Gasteiger partial charge in [-0.15, -0.1) is 0 Å². The second kappa shape index (κ2) is 9.10. The van der Waals surface area contributed by atoms with E-state index >= 15 is 0 Å². The first kappa shape index (κ1) is 20.9. The lowest BCUT2D eigenvalue weighted by Crippen LogP contribution is -2.43. The van der Waals surface area contributed by atoms with Crippen molar-refractivity contribution in [2.75, 3.05) is 0 Å². The maximum absolute atomic E-state index is 11.8. The maximum Gasteiger partial charge on any atom is 0.377 e. The highest BCUT2D eigenvalue weighted by atomic mass is 17.5. The molecule has 1 N–H and O–H groups in total. The van der Waals surface area contributed by atoms with Gasteiger partial charge in [0.05, 0.1) is 0 Å². The summed E-state index contributed by atoms with van der Waals surface area (Å²) < 4.78 is 0. The molecule has 0 saturated heterocycles. The van der Waals surface area contributed by atoms with Crippen LogP contribution in [0.15, 0.2) is 0 Å². The van der Waals surface area contributed by atoms with Crippen molar-refractivity contribution in [3.8, 4) is 0 Å². The molecule has 0 aromatic heterocycles. The van der Waals surface area contributed by atoms with Gasteiger partial charge in [-0.1, -0.05) is 41.0 Å². The van der Waals surface area contributed by atoms with Crippen molar-refractivity contribution < 1.29 is 29.5 Å². The van der Waals surface area contributed by atoms with Crippen LogP contribution >= 0.6 is 0 Å². The molecule has 0 radical (unpaired) electrons. The van der Waals surface area contributed by atoms with Crippen molar-refractivity contribution in [1.29, 1.82) is 0 Å². The minimum atomic E-state index is -1.70. The number of hydrogen-bond acceptors (Lipinski definition) is 6. The van der Waals surface area contributed by atoms with Gasteiger partial charge in [-0.3, -0.25) is 9.78 Å². The second-order valence-electron chi connectivity index (χ2n) is 7.15. The third-order valence-electron chi connectivity index (χ3n) is 3.63. The number of aliphatic hydroxyl groups is 1. The van der Waals surface area contributed by atoms with Crippen molar-refractivity contribution >= 4 is 11.9 Å². The molecule has 2 atom stereocenters. The Hall–Kier alpha value is -1.14. The average Bonchev–Trinajstić information content (AvgIpc) is 2.37. The van der Waals surface area contributed by atoms with E-state index in [4.69, 9.17) is 0 Å². The lowest BCUT2D eigenvalue weighted by Gasteiger charge is -2.27. The number of rotatable bonds is 9. The Morgan fingerprint density at radius 2 is 1.73 bits per heavy atom. The van der Waals surface area contributed by atoms with E-state index in [2.05, 4.69) is 35.6 Å². The van der Waals surface area contributed by atoms with Crippen LogP contribution in [0.2, 0.25) is 0 Å². The molecule has 6 heteroatoms. The van der Waals surface area contributed by atoms with E-state index in [1.807, 2.05) is 0 Å². The van der Waals surface area contributed by atoms with Crippen LogP contribution in [0.5, 0.6) is 0 Å². The van der Waals surface area contributed by atoms with Gasteiger partial charge >= 0.3 is 11.9 Å². The molecule has 0 fully saturated rings. The smallest absolute Gasteiger partial charge is 0.377 e. The normalized spacial score (nSPS) is 15.8. The quantitative estimate of drug-likeness (QED) is 0.519. The summed E-state index contributed by atoms with van der Waals surface area (Å²) in [5.41, 5.74) is -1.49. The molecule has 130 valence electrons. The minimum Gasteiger partial charge on any atom is -0.378 e. The van der Waals surface area contributed by atoms with Crippen LogP contribution in [0.1, 0.15) is 73.6 Å². The molecule has 0 rings (SSSR count). The number of carbonyl (C=O) groups is 2. The van der Waals surface area contributed by atoms with E-state index in [1.54, 1.807) is 13.8 Å². The minimum absolute atomic E-state index is 0.164. The molecule has 0 aliphatic heterocycles. The molecule has 0 bridgehead atoms. The van der Waals surface area contributed by atoms with Gasteiger partial charge in [0, 0.05) is 11.5 Å². The van der Waals surface area contributed by atoms with Crippen LogP contribution in [0, 0.1) is 11.3 Å². The summed E-state index contributed by atoms with van der Waals surface area (Å²) in [6, 6.07) is 0. The van der Waals surface area contributed by atoms with Gasteiger partial charge in [0.25, 0.3) is 0 Å². The number of hydrogen-bond donors (Lipinski definition) is 1. The molecule has 0 aromatic rings. The van der Waals surface area contributed by atoms with Crippen LogP contribution in [0.25, 0.3) is 0 Å². The highest BCUT2D eigenvalue weighted by molar-refractivity contribution is 5.78. The first-order chi connectivity index (χ1) is 10.0. The van der Waals surface area contributed by atoms with Gasteiger partial charge in [0.15, 0.2) is 5.60 Å². The van der Waals surface area contributed by atoms with Gasteiger partial charge < -0.3 is 5.11 Å². The van der Waals surface area contributed by atoms with Crippen molar-refractivity contribution in [3.05, 3.63) is 0 Å². The van der Waals surface area contributed by atoms with Crippen LogP contribution < -0.4 is 0 Å². The van der Waals surface area contributed by atoms with Crippen LogP contribution in [-0.4, -0.2) is 22.6 Å². The summed E-state index contributed by atoms with van der Waals surface area (Å²) in [5.74, 6) is -1.91. The molecule has 0 aliphatic rings. The zero-order chi connectivity index (χ0) is 17.4. The molecule has 6 nitrogen and oxygen atoms in total. The van der Waals surface area contributed by atoms with Crippen molar-refractivity contribution in [2.45, 2.75) is 79.2 Å². The van der Waals surface area contributed by atoms with Crippen molar-refractivity contribution in [1.82, 2.24) is 0 Å². The van der Waals surface area contributed by atoms with E-state index in [0.29, 0.717) is 12.8 Å². The molecule has 0 heterocycles. The molecule has 22 heavy (non-hydrogen) atoms. The van der Waals surface area contributed by atoms with E-state index in [9.17, 15) is 14.7 Å². The topological polar surface area (TPSA) is 82.1 Å². The Labute approximate surface area is 133 Å². The van der Waals surface area contributed by atoms with Gasteiger partial charge in [0.1, 0.15) is 0 Å². The van der Waals surface area contributed by atoms with E-state index in [-0.39, 0.29) is 17.8 Å². The van der Waals surface area contributed by atoms with Gasteiger partial charge in [-0.05, 0) is 37.5 Å². The highest BCUT2D eigenvalue weighted by Crippen LogP contribution is 2.28. The summed E-state index contributed by atoms with van der Waals surface area (Å²) >= 11 is 0. The first-order valence-electron chi connectivity index (χ1n) is 7.81. The lowest BCUT2D eigenvalue weighted by atomic mass is 9.83. The fourth-order valence-corrected chi connectivity index (χ4v) is 1.84. The molecule has 0 saturated carbocycles. The Bertz CT molecular complexity index is 356. The molecular formula is C16H30O6. The molecule has 0 aliphatic carbocycles. The van der Waals surface area contributed by atoms with Gasteiger partial charge in [0.2, 0.25) is 0 Å². The van der Waals surface area contributed by atoms with E-state index in [0.717, 1.165) is 12.8 Å². The molecule has 0 spiro atoms. The van der Waals surface area contributed by atoms with Crippen molar-refractivity contribution in [2.24, 2.45) is 11.3 Å². The second-order valence-corrected chi connectivity index (χ2v) is 7.15. The average molecular weight is 318 g/mol. The Morgan fingerprint density at radius 1 is 1.14 bits per heavy atom. The predicted octanol–water partition coefficient (Wildman–Crippen LogP) is 3.32. The monoisotopic (exact) mass is 318 g/mol. The lowest BCUT2D eigenvalue weighted by molar-refractivity contribution is -0.463. The van der Waals surface area contributed by atoms with E-state index in [1.165, 1.54) is 6.92 Å². The van der Waals surface area contributed by atoms with Crippen LogP contribution in [0.3, 0.4) is 0 Å². The third kappa shape index (κ3) is 8.34. The molecule has 2 unspecified atom stereocenters. The largest absolute Gasteiger partial charge is 0.378 e. The molecule has 0 aromatic carbocycles. The Morgan fingerprint density at radius 3 is 2.23 bits per heavy atom. The summed E-state index contributed by atoms with van der Waals surface area (Å²) in [7, 11) is 0. The zero-order valence-electron chi connectivity index (χ0n) is 14.6. The standard InChI is InChI=1S/C16H30O6/c1-7-9-13(17)20-22-21-14(18)16(6,19)12(2)10-8-11-15(3,4)5/h12,19H,7-11H2,1-6H3. The summed E-state index contributed by atoms with van der Waals surface area (Å²) in [4.78, 5) is 31.5. The SMILES string of the molecule is CCCC(=O)OOOC(=O)C(C)(O)C(C)CCCC(C)(C)C.